The highest BCUT2D eigenvalue weighted by atomic mass is 32.2. The van der Waals surface area contributed by atoms with Crippen LogP contribution in [0.5, 0.6) is 0 Å². The quantitative estimate of drug-likeness (QED) is 0.0973. The summed E-state index contributed by atoms with van der Waals surface area (Å²) in [5.41, 5.74) is 0. The molecule has 0 aliphatic rings. The fraction of sp³-hybridized carbons (Fsp3) is 0.645. The molecule has 290 valence electrons. The van der Waals surface area contributed by atoms with Crippen LogP contribution in [-0.4, -0.2) is 115 Å². The van der Waals surface area contributed by atoms with Gasteiger partial charge in [0, 0.05) is 109 Å². The standard InChI is InChI=1S/C12H20N2O4S2.C10H15NO5S.C9H15NO3S/c1-9(15)13-5-7-19-11(17)3-4-12(18)20-8-6-14-10(2)16;1-6(12)3-4-9(14)17-5-8(10(15)16)11-7(2)13;1-7(11)3-4-9(13)14-6-5-10-8(2)12/h3-8H2,1-2H3,(H,13,15)(H,14,16);8H,3-5H2,1-2H3,(H,11,13)(H,15,16);3-6H2,1-2H3,(H,10,12). The molecule has 20 heteroatoms. The molecule has 51 heavy (non-hydrogen) atoms. The van der Waals surface area contributed by atoms with Crippen molar-refractivity contribution in [1.82, 2.24) is 21.3 Å². The van der Waals surface area contributed by atoms with Crippen LogP contribution in [0, 0.1) is 0 Å². The Morgan fingerprint density at radius 2 is 0.745 bits per heavy atom. The molecule has 16 nitrogen and oxygen atoms in total. The van der Waals surface area contributed by atoms with Crippen molar-refractivity contribution >= 4 is 109 Å². The smallest absolute Gasteiger partial charge is 0.327 e. The fourth-order valence-corrected chi connectivity index (χ4v) is 5.68. The summed E-state index contributed by atoms with van der Waals surface area (Å²) in [5.74, 6) is -0.487. The van der Waals surface area contributed by atoms with Crippen molar-refractivity contribution in [3.63, 3.8) is 0 Å². The number of carboxylic acid groups (broad SMARTS) is 1. The maximum Gasteiger partial charge on any atom is 0.327 e. The van der Waals surface area contributed by atoms with Gasteiger partial charge in [0.05, 0.1) is 0 Å². The zero-order valence-corrected chi connectivity index (χ0v) is 33.1. The first-order chi connectivity index (χ1) is 23.8. The SMILES string of the molecule is CC(=O)CCC(=O)SCC(NC(C)=O)C(=O)O.CC(=O)CCC(=O)SCCNC(C)=O.CC(=O)NCCSC(=O)CCC(=O)SCCNC(C)=O. The Kier molecular flexibility index (Phi) is 34.6. The molecule has 0 bridgehead atoms. The fourth-order valence-electron chi connectivity index (χ4n) is 2.82. The number of amides is 4. The number of Topliss-reactive ketones (excluding diaryl/α,β-unsaturated/α-hetero) is 2. The maximum atomic E-state index is 11.4. The summed E-state index contributed by atoms with van der Waals surface area (Å²) in [6.45, 7) is 9.72. The van der Waals surface area contributed by atoms with E-state index in [1.54, 1.807) is 0 Å². The van der Waals surface area contributed by atoms with E-state index >= 15 is 0 Å². The monoisotopic (exact) mass is 798 g/mol. The number of thioether (sulfide) groups is 4. The topological polar surface area (TPSA) is 256 Å². The Morgan fingerprint density at radius 1 is 0.451 bits per heavy atom. The van der Waals surface area contributed by atoms with Gasteiger partial charge in [-0.05, 0) is 13.8 Å². The molecule has 0 radical (unpaired) electrons. The van der Waals surface area contributed by atoms with Crippen LogP contribution in [0.3, 0.4) is 0 Å². The molecular weight excluding hydrogens is 749 g/mol. The molecule has 1 unspecified atom stereocenters. The molecule has 0 aromatic heterocycles. The van der Waals surface area contributed by atoms with E-state index < -0.39 is 17.9 Å². The zero-order valence-electron chi connectivity index (χ0n) is 29.8. The number of ketones is 2. The third kappa shape index (κ3) is 44.7. The number of carbonyl (C=O) groups excluding carboxylic acids is 10. The van der Waals surface area contributed by atoms with Gasteiger partial charge in [0.25, 0.3) is 0 Å². The number of carboxylic acids is 1. The normalized spacial score (nSPS) is 10.4. The van der Waals surface area contributed by atoms with Gasteiger partial charge in [-0.3, -0.25) is 38.4 Å². The number of hydrogen-bond donors (Lipinski definition) is 5. The molecule has 4 amide bonds. The van der Waals surface area contributed by atoms with Crippen LogP contribution in [0.1, 0.15) is 80.1 Å². The first-order valence-corrected chi connectivity index (χ1v) is 19.6. The number of hydrogen-bond acceptors (Lipinski definition) is 15. The van der Waals surface area contributed by atoms with Crippen molar-refractivity contribution < 1.29 is 57.8 Å². The second-order valence-electron chi connectivity index (χ2n) is 10.3. The number of aliphatic carboxylic acids is 1. The van der Waals surface area contributed by atoms with Gasteiger partial charge in [-0.25, -0.2) is 4.79 Å². The van der Waals surface area contributed by atoms with E-state index in [4.69, 9.17) is 5.11 Å². The van der Waals surface area contributed by atoms with Crippen molar-refractivity contribution in [2.24, 2.45) is 0 Å². The van der Waals surface area contributed by atoms with Crippen LogP contribution >= 0.6 is 47.0 Å². The highest BCUT2D eigenvalue weighted by molar-refractivity contribution is 8.14. The van der Waals surface area contributed by atoms with E-state index in [0.29, 0.717) is 49.7 Å². The molecule has 1 atom stereocenters. The van der Waals surface area contributed by atoms with Gasteiger partial charge in [-0.15, -0.1) is 0 Å². The molecular formula is C31H50N4O12S4. The van der Waals surface area contributed by atoms with Crippen LogP contribution in [-0.2, 0) is 52.7 Å². The summed E-state index contributed by atoms with van der Waals surface area (Å²) in [7, 11) is 0. The molecule has 0 fully saturated rings. The van der Waals surface area contributed by atoms with Crippen LogP contribution in [0.15, 0.2) is 0 Å². The molecule has 0 rings (SSSR count). The Morgan fingerprint density at radius 3 is 1.00 bits per heavy atom. The Labute approximate surface area is 315 Å². The van der Waals surface area contributed by atoms with Crippen LogP contribution < -0.4 is 21.3 Å². The van der Waals surface area contributed by atoms with E-state index in [0.717, 1.165) is 47.0 Å². The maximum absolute atomic E-state index is 11.4. The molecule has 0 aromatic carbocycles. The second-order valence-corrected chi connectivity index (χ2v) is 14.8. The molecule has 0 saturated heterocycles. The third-order valence-corrected chi connectivity index (χ3v) is 9.03. The lowest BCUT2D eigenvalue weighted by Gasteiger charge is -2.11. The van der Waals surface area contributed by atoms with Gasteiger partial charge in [0.2, 0.25) is 23.6 Å². The van der Waals surface area contributed by atoms with Crippen LogP contribution in [0.4, 0.5) is 0 Å². The Hall–Kier alpha value is -3.23. The molecule has 0 heterocycles. The summed E-state index contributed by atoms with van der Waals surface area (Å²) in [5, 5.41) is 18.4. The number of carbonyl (C=O) groups is 11. The van der Waals surface area contributed by atoms with Crippen molar-refractivity contribution in [2.75, 3.05) is 42.6 Å². The van der Waals surface area contributed by atoms with Crippen molar-refractivity contribution in [2.45, 2.75) is 86.1 Å². The Balaban J connectivity index is -0.000000689. The van der Waals surface area contributed by atoms with Crippen molar-refractivity contribution in [3.05, 3.63) is 0 Å². The van der Waals surface area contributed by atoms with E-state index in [1.807, 2.05) is 0 Å². The van der Waals surface area contributed by atoms with Crippen molar-refractivity contribution in [3.8, 4) is 0 Å². The molecule has 0 saturated carbocycles. The van der Waals surface area contributed by atoms with Gasteiger partial charge in [0.15, 0.2) is 20.5 Å². The lowest BCUT2D eigenvalue weighted by molar-refractivity contribution is -0.140. The van der Waals surface area contributed by atoms with Crippen LogP contribution in [0.2, 0.25) is 0 Å². The highest BCUT2D eigenvalue weighted by Crippen LogP contribution is 2.12. The largest absolute Gasteiger partial charge is 0.480 e. The molecule has 0 aliphatic heterocycles. The van der Waals surface area contributed by atoms with Gasteiger partial charge < -0.3 is 36.0 Å². The van der Waals surface area contributed by atoms with E-state index in [9.17, 15) is 52.7 Å². The molecule has 0 aliphatic carbocycles. The number of rotatable bonds is 22. The minimum atomic E-state index is -1.19. The third-order valence-electron chi connectivity index (χ3n) is 5.20. The first kappa shape index (κ1) is 52.1. The lowest BCUT2D eigenvalue weighted by Crippen LogP contribution is -2.41. The molecule has 5 N–H and O–H groups in total. The summed E-state index contributed by atoms with van der Waals surface area (Å²) in [6, 6.07) is -1.08. The Bertz CT molecular complexity index is 1170. The van der Waals surface area contributed by atoms with Gasteiger partial charge >= 0.3 is 5.97 Å². The van der Waals surface area contributed by atoms with Gasteiger partial charge in [-0.2, -0.15) is 0 Å². The number of nitrogens with one attached hydrogen (secondary N) is 4. The first-order valence-electron chi connectivity index (χ1n) is 15.6. The average Bonchev–Trinajstić information content (AvgIpc) is 3.02. The summed E-state index contributed by atoms with van der Waals surface area (Å²) in [4.78, 5) is 119. The van der Waals surface area contributed by atoms with Crippen molar-refractivity contribution in [1.29, 1.82) is 0 Å². The summed E-state index contributed by atoms with van der Waals surface area (Å²) in [6.07, 6.45) is 1.26. The van der Waals surface area contributed by atoms with Crippen LogP contribution in [0.25, 0.3) is 0 Å². The minimum Gasteiger partial charge on any atom is -0.480 e. The lowest BCUT2D eigenvalue weighted by atomic mass is 10.2. The average molecular weight is 799 g/mol. The predicted molar refractivity (Wildman–Crippen MR) is 200 cm³/mol. The van der Waals surface area contributed by atoms with E-state index in [1.165, 1.54) is 41.5 Å². The predicted octanol–water partition coefficient (Wildman–Crippen LogP) is 1.51. The molecule has 0 aromatic rings. The minimum absolute atomic E-state index is 0.00514. The summed E-state index contributed by atoms with van der Waals surface area (Å²) >= 11 is 4.21. The van der Waals surface area contributed by atoms with E-state index in [-0.39, 0.29) is 81.2 Å². The molecule has 0 spiro atoms. The highest BCUT2D eigenvalue weighted by Gasteiger charge is 2.20. The van der Waals surface area contributed by atoms with Gasteiger partial charge in [0.1, 0.15) is 17.6 Å². The van der Waals surface area contributed by atoms with E-state index in [2.05, 4.69) is 21.3 Å². The zero-order chi connectivity index (χ0) is 39.8. The van der Waals surface area contributed by atoms with Gasteiger partial charge in [-0.1, -0.05) is 47.0 Å². The summed E-state index contributed by atoms with van der Waals surface area (Å²) < 4.78 is 0. The second kappa shape index (κ2) is 33.9.